The number of ether oxygens (including phenoxy) is 2. The maximum Gasteiger partial charge on any atom is 0.410 e. The van der Waals surface area contributed by atoms with Crippen LogP contribution < -0.4 is 0 Å². The van der Waals surface area contributed by atoms with E-state index in [-0.39, 0.29) is 11.7 Å². The highest BCUT2D eigenvalue weighted by atomic mass is 16.6. The molecular formula is C13H21NO3. The Morgan fingerprint density at radius 1 is 1.29 bits per heavy atom. The van der Waals surface area contributed by atoms with Gasteiger partial charge in [-0.3, -0.25) is 0 Å². The van der Waals surface area contributed by atoms with Gasteiger partial charge in [0.15, 0.2) is 0 Å². The fraction of sp³-hybridized carbons (Fsp3) is 0.923. The van der Waals surface area contributed by atoms with Crippen LogP contribution in [0.5, 0.6) is 0 Å². The third kappa shape index (κ3) is 1.82. The predicted molar refractivity (Wildman–Crippen MR) is 62.7 cm³/mol. The number of carbonyl (C=O) groups is 1. The summed E-state index contributed by atoms with van der Waals surface area (Å²) in [4.78, 5) is 13.9. The van der Waals surface area contributed by atoms with E-state index in [0.717, 1.165) is 19.7 Å². The van der Waals surface area contributed by atoms with Crippen molar-refractivity contribution in [2.24, 2.45) is 11.8 Å². The molecule has 2 heterocycles. The lowest BCUT2D eigenvalue weighted by Crippen LogP contribution is -2.50. The molecule has 0 unspecified atom stereocenters. The van der Waals surface area contributed by atoms with E-state index in [1.807, 2.05) is 25.7 Å². The molecule has 2 saturated heterocycles. The second-order valence-corrected chi connectivity index (χ2v) is 6.60. The van der Waals surface area contributed by atoms with Crippen molar-refractivity contribution in [3.63, 3.8) is 0 Å². The number of epoxide rings is 1. The molecule has 1 spiro atoms. The third-order valence-electron chi connectivity index (χ3n) is 4.26. The number of carbonyl (C=O) groups excluding carboxylic acids is 1. The summed E-state index contributed by atoms with van der Waals surface area (Å²) in [6.45, 7) is 8.26. The number of amides is 1. The van der Waals surface area contributed by atoms with Gasteiger partial charge >= 0.3 is 6.09 Å². The summed E-state index contributed by atoms with van der Waals surface area (Å²) in [7, 11) is 0. The average Bonchev–Trinajstić information content (AvgIpc) is 2.89. The molecule has 0 aromatic carbocycles. The van der Waals surface area contributed by atoms with E-state index in [9.17, 15) is 4.79 Å². The first-order chi connectivity index (χ1) is 7.91. The molecule has 17 heavy (non-hydrogen) atoms. The first-order valence-electron chi connectivity index (χ1n) is 6.53. The molecule has 0 aromatic heterocycles. The van der Waals surface area contributed by atoms with Crippen molar-refractivity contribution in [3.8, 4) is 0 Å². The van der Waals surface area contributed by atoms with E-state index in [1.54, 1.807) is 0 Å². The molecule has 0 aromatic rings. The lowest BCUT2D eigenvalue weighted by molar-refractivity contribution is 0.00319. The molecule has 1 saturated carbocycles. The van der Waals surface area contributed by atoms with Gasteiger partial charge in [-0.2, -0.15) is 0 Å². The van der Waals surface area contributed by atoms with Crippen molar-refractivity contribution in [2.75, 3.05) is 19.7 Å². The van der Waals surface area contributed by atoms with Crippen LogP contribution in [0.1, 0.15) is 33.6 Å². The second-order valence-electron chi connectivity index (χ2n) is 6.60. The Bertz CT molecular complexity index is 327. The maximum absolute atomic E-state index is 12.0. The van der Waals surface area contributed by atoms with E-state index < -0.39 is 5.60 Å². The van der Waals surface area contributed by atoms with Crippen molar-refractivity contribution in [1.82, 2.24) is 4.90 Å². The SMILES string of the molecule is CC(C)(C)OC(=O)N1C[C@@H]2CC[C@@H](C1)C21CO1. The number of likely N-dealkylation sites (tertiary alicyclic amines) is 1. The quantitative estimate of drug-likeness (QED) is 0.607. The topological polar surface area (TPSA) is 42.1 Å². The number of hydrogen-bond acceptors (Lipinski definition) is 3. The summed E-state index contributed by atoms with van der Waals surface area (Å²) >= 11 is 0. The van der Waals surface area contributed by atoms with E-state index >= 15 is 0 Å². The molecule has 2 aliphatic heterocycles. The minimum atomic E-state index is -0.401. The highest BCUT2D eigenvalue weighted by Crippen LogP contribution is 2.54. The Morgan fingerprint density at radius 3 is 2.24 bits per heavy atom. The third-order valence-corrected chi connectivity index (χ3v) is 4.26. The number of piperidine rings is 1. The molecule has 1 amide bonds. The minimum absolute atomic E-state index is 0.151. The largest absolute Gasteiger partial charge is 0.444 e. The fourth-order valence-electron chi connectivity index (χ4n) is 3.35. The zero-order valence-electron chi connectivity index (χ0n) is 10.9. The summed E-state index contributed by atoms with van der Waals surface area (Å²) in [5.41, 5.74) is -0.250. The number of nitrogens with zero attached hydrogens (tertiary/aromatic N) is 1. The minimum Gasteiger partial charge on any atom is -0.444 e. The van der Waals surface area contributed by atoms with Gasteiger partial charge < -0.3 is 14.4 Å². The van der Waals surface area contributed by atoms with E-state index in [2.05, 4.69) is 0 Å². The molecule has 2 bridgehead atoms. The van der Waals surface area contributed by atoms with E-state index in [4.69, 9.17) is 9.47 Å². The van der Waals surface area contributed by atoms with Crippen LogP contribution in [0.2, 0.25) is 0 Å². The second kappa shape index (κ2) is 3.37. The zero-order chi connectivity index (χ0) is 12.3. The van der Waals surface area contributed by atoms with Crippen molar-refractivity contribution < 1.29 is 14.3 Å². The summed E-state index contributed by atoms with van der Waals surface area (Å²) in [5, 5.41) is 0. The summed E-state index contributed by atoms with van der Waals surface area (Å²) in [6, 6.07) is 0. The highest BCUT2D eigenvalue weighted by Gasteiger charge is 2.63. The first kappa shape index (κ1) is 11.3. The lowest BCUT2D eigenvalue weighted by atomic mass is 9.85. The molecule has 0 N–H and O–H groups in total. The standard InChI is InChI=1S/C13H21NO3/c1-12(2,3)17-11(15)14-6-9-4-5-10(7-14)13(9)8-16-13/h9-10H,4-8H2,1-3H3/t9-,10-/m0/s1. The van der Waals surface area contributed by atoms with Crippen LogP contribution in [0.4, 0.5) is 4.79 Å². The van der Waals surface area contributed by atoms with Gasteiger partial charge in [0.2, 0.25) is 0 Å². The van der Waals surface area contributed by atoms with Gasteiger partial charge in [-0.25, -0.2) is 4.79 Å². The zero-order valence-corrected chi connectivity index (χ0v) is 10.9. The summed E-state index contributed by atoms with van der Waals surface area (Å²) < 4.78 is 11.1. The smallest absolute Gasteiger partial charge is 0.410 e. The number of rotatable bonds is 0. The molecule has 4 nitrogen and oxygen atoms in total. The van der Waals surface area contributed by atoms with Crippen LogP contribution in [-0.2, 0) is 9.47 Å². The maximum atomic E-state index is 12.0. The van der Waals surface area contributed by atoms with E-state index in [1.165, 1.54) is 12.8 Å². The first-order valence-corrected chi connectivity index (χ1v) is 6.53. The monoisotopic (exact) mass is 239 g/mol. The molecule has 1 aliphatic carbocycles. The Morgan fingerprint density at radius 2 is 1.82 bits per heavy atom. The Balaban J connectivity index is 1.66. The van der Waals surface area contributed by atoms with Crippen molar-refractivity contribution >= 4 is 6.09 Å². The molecule has 4 heteroatoms. The normalized spacial score (nSPS) is 39.6. The van der Waals surface area contributed by atoms with Crippen molar-refractivity contribution in [2.45, 2.75) is 44.8 Å². The van der Waals surface area contributed by atoms with Crippen LogP contribution in [0.25, 0.3) is 0 Å². The van der Waals surface area contributed by atoms with Gasteiger partial charge in [0.25, 0.3) is 0 Å². The summed E-state index contributed by atoms with van der Waals surface area (Å²) in [5.74, 6) is 1.07. The van der Waals surface area contributed by atoms with Gasteiger partial charge in [0, 0.05) is 24.9 Å². The predicted octanol–water partition coefficient (Wildman–Crippen LogP) is 2.03. The van der Waals surface area contributed by atoms with Gasteiger partial charge in [-0.1, -0.05) is 0 Å². The van der Waals surface area contributed by atoms with Crippen LogP contribution in [0.15, 0.2) is 0 Å². The fourth-order valence-corrected chi connectivity index (χ4v) is 3.35. The van der Waals surface area contributed by atoms with Crippen LogP contribution >= 0.6 is 0 Å². The van der Waals surface area contributed by atoms with Gasteiger partial charge in [-0.05, 0) is 33.6 Å². The van der Waals surface area contributed by atoms with Gasteiger partial charge in [0.1, 0.15) is 11.2 Å². The molecule has 0 radical (unpaired) electrons. The van der Waals surface area contributed by atoms with Gasteiger partial charge in [-0.15, -0.1) is 0 Å². The van der Waals surface area contributed by atoms with Crippen LogP contribution in [-0.4, -0.2) is 41.9 Å². The van der Waals surface area contributed by atoms with Crippen LogP contribution in [0, 0.1) is 11.8 Å². The number of hydrogen-bond donors (Lipinski definition) is 0. The van der Waals surface area contributed by atoms with Crippen molar-refractivity contribution in [3.05, 3.63) is 0 Å². The molecule has 3 aliphatic rings. The molecule has 96 valence electrons. The highest BCUT2D eigenvalue weighted by molar-refractivity contribution is 5.68. The van der Waals surface area contributed by atoms with Gasteiger partial charge in [0.05, 0.1) is 6.61 Å². The lowest BCUT2D eigenvalue weighted by Gasteiger charge is -2.37. The summed E-state index contributed by atoms with van der Waals surface area (Å²) in [6.07, 6.45) is 2.23. The Kier molecular flexibility index (Phi) is 2.25. The van der Waals surface area contributed by atoms with Crippen LogP contribution in [0.3, 0.4) is 0 Å². The molecule has 3 rings (SSSR count). The Hall–Kier alpha value is -0.770. The molecule has 2 atom stereocenters. The Labute approximate surface area is 102 Å². The van der Waals surface area contributed by atoms with Crippen molar-refractivity contribution in [1.29, 1.82) is 0 Å². The average molecular weight is 239 g/mol. The molecule has 3 fully saturated rings. The van der Waals surface area contributed by atoms with E-state index in [0.29, 0.717) is 11.8 Å². The molecular weight excluding hydrogens is 218 g/mol.